The molecule has 0 saturated carbocycles. The molecular weight excluding hydrogens is 328 g/mol. The van der Waals surface area contributed by atoms with Crippen molar-refractivity contribution in [1.82, 2.24) is 4.72 Å². The van der Waals surface area contributed by atoms with Gasteiger partial charge in [-0.1, -0.05) is 30.3 Å². The van der Waals surface area contributed by atoms with Gasteiger partial charge in [-0.05, 0) is 39.7 Å². The fourth-order valence-corrected chi connectivity index (χ4v) is 3.70. The second kappa shape index (κ2) is 5.73. The lowest BCUT2D eigenvalue weighted by atomic mass is 10.2. The van der Waals surface area contributed by atoms with E-state index in [0.29, 0.717) is 10.2 Å². The van der Waals surface area contributed by atoms with Gasteiger partial charge in [-0.15, -0.1) is 0 Å². The number of halogens is 1. The van der Waals surface area contributed by atoms with E-state index in [4.69, 9.17) is 5.73 Å². The van der Waals surface area contributed by atoms with Gasteiger partial charge in [0.1, 0.15) is 0 Å². The number of nitrogens with one attached hydrogen (secondary N) is 1. The van der Waals surface area contributed by atoms with E-state index in [0.717, 1.165) is 5.56 Å². The predicted octanol–water partition coefficient (Wildman–Crippen LogP) is 2.51. The van der Waals surface area contributed by atoms with Crippen molar-refractivity contribution < 1.29 is 8.42 Å². The van der Waals surface area contributed by atoms with Crippen molar-refractivity contribution in [3.63, 3.8) is 0 Å². The molecule has 0 aliphatic rings. The molecule has 100 valence electrons. The summed E-state index contributed by atoms with van der Waals surface area (Å²) in [6.07, 6.45) is 0. The van der Waals surface area contributed by atoms with Gasteiger partial charge in [-0.3, -0.25) is 0 Å². The Morgan fingerprint density at radius 1 is 1.11 bits per heavy atom. The summed E-state index contributed by atoms with van der Waals surface area (Å²) in [5.74, 6) is 0. The molecule has 2 rings (SSSR count). The van der Waals surface area contributed by atoms with Crippen LogP contribution in [0.3, 0.4) is 0 Å². The van der Waals surface area contributed by atoms with Crippen LogP contribution >= 0.6 is 15.9 Å². The molecule has 0 saturated heterocycles. The average molecular weight is 341 g/mol. The molecule has 4 nitrogen and oxygen atoms in total. The molecule has 0 fully saturated rings. The van der Waals surface area contributed by atoms with Gasteiger partial charge in [0, 0.05) is 16.7 Å². The van der Waals surface area contributed by atoms with Crippen LogP contribution in [0.4, 0.5) is 5.69 Å². The largest absolute Gasteiger partial charge is 0.399 e. The molecule has 0 radical (unpaired) electrons. The summed E-state index contributed by atoms with van der Waals surface area (Å²) in [7, 11) is -3.56. The Labute approximate surface area is 120 Å². The number of anilines is 1. The fourth-order valence-electron chi connectivity index (χ4n) is 1.59. The minimum Gasteiger partial charge on any atom is -0.399 e. The summed E-state index contributed by atoms with van der Waals surface area (Å²) in [6.45, 7) is 0.250. The second-order valence-electron chi connectivity index (χ2n) is 4.00. The fraction of sp³-hybridized carbons (Fsp3) is 0.0769. The first-order valence-electron chi connectivity index (χ1n) is 5.58. The number of nitrogen functional groups attached to an aromatic ring is 1. The molecule has 0 atom stereocenters. The zero-order valence-electron chi connectivity index (χ0n) is 10.0. The molecule has 0 amide bonds. The minimum absolute atomic E-state index is 0.178. The number of hydrogen-bond acceptors (Lipinski definition) is 3. The maximum Gasteiger partial charge on any atom is 0.241 e. The van der Waals surface area contributed by atoms with Gasteiger partial charge in [-0.2, -0.15) is 0 Å². The molecule has 19 heavy (non-hydrogen) atoms. The molecule has 0 aromatic heterocycles. The van der Waals surface area contributed by atoms with E-state index in [-0.39, 0.29) is 11.4 Å². The van der Waals surface area contributed by atoms with Crippen LogP contribution < -0.4 is 10.5 Å². The third-order valence-corrected chi connectivity index (χ3v) is 4.93. The van der Waals surface area contributed by atoms with Gasteiger partial charge in [0.25, 0.3) is 0 Å². The first-order chi connectivity index (χ1) is 8.99. The van der Waals surface area contributed by atoms with E-state index in [1.165, 1.54) is 6.07 Å². The van der Waals surface area contributed by atoms with Gasteiger partial charge < -0.3 is 5.73 Å². The van der Waals surface area contributed by atoms with Crippen LogP contribution in [0.1, 0.15) is 5.56 Å². The SMILES string of the molecule is Nc1ccc(S(=O)(=O)NCc2ccccc2)c(Br)c1. The third kappa shape index (κ3) is 3.56. The molecule has 2 aromatic carbocycles. The van der Waals surface area contributed by atoms with Crippen molar-refractivity contribution in [2.45, 2.75) is 11.4 Å². The Morgan fingerprint density at radius 3 is 2.42 bits per heavy atom. The highest BCUT2D eigenvalue weighted by atomic mass is 79.9. The van der Waals surface area contributed by atoms with Gasteiger partial charge in [0.05, 0.1) is 4.90 Å². The van der Waals surface area contributed by atoms with E-state index >= 15 is 0 Å². The Morgan fingerprint density at radius 2 is 1.79 bits per heavy atom. The Bertz CT molecular complexity index is 672. The first-order valence-corrected chi connectivity index (χ1v) is 7.85. The van der Waals surface area contributed by atoms with Crippen LogP contribution in [0.2, 0.25) is 0 Å². The van der Waals surface area contributed by atoms with E-state index in [9.17, 15) is 8.42 Å². The third-order valence-electron chi connectivity index (χ3n) is 2.55. The molecule has 0 bridgehead atoms. The topological polar surface area (TPSA) is 72.2 Å². The quantitative estimate of drug-likeness (QED) is 0.840. The average Bonchev–Trinajstić information content (AvgIpc) is 2.37. The molecule has 0 spiro atoms. The Hall–Kier alpha value is -1.37. The molecule has 0 aliphatic heterocycles. The number of hydrogen-bond donors (Lipinski definition) is 2. The number of sulfonamides is 1. The van der Waals surface area contributed by atoms with Crippen LogP contribution in [0.25, 0.3) is 0 Å². The highest BCUT2D eigenvalue weighted by Crippen LogP contribution is 2.24. The smallest absolute Gasteiger partial charge is 0.241 e. The lowest BCUT2D eigenvalue weighted by Crippen LogP contribution is -2.23. The molecular formula is C13H13BrN2O2S. The van der Waals surface area contributed by atoms with Crippen molar-refractivity contribution in [3.05, 3.63) is 58.6 Å². The van der Waals surface area contributed by atoms with Crippen LogP contribution in [-0.4, -0.2) is 8.42 Å². The van der Waals surface area contributed by atoms with Crippen LogP contribution in [0.5, 0.6) is 0 Å². The zero-order valence-corrected chi connectivity index (χ0v) is 12.4. The molecule has 0 heterocycles. The Kier molecular flexibility index (Phi) is 4.24. The van der Waals surface area contributed by atoms with Crippen LogP contribution in [0, 0.1) is 0 Å². The van der Waals surface area contributed by atoms with Gasteiger partial charge in [-0.25, -0.2) is 13.1 Å². The van der Waals surface area contributed by atoms with Gasteiger partial charge in [0.15, 0.2) is 0 Å². The lowest BCUT2D eigenvalue weighted by molar-refractivity contribution is 0.581. The summed E-state index contributed by atoms with van der Waals surface area (Å²) in [6, 6.07) is 13.9. The van der Waals surface area contributed by atoms with Crippen molar-refractivity contribution in [2.24, 2.45) is 0 Å². The van der Waals surface area contributed by atoms with Gasteiger partial charge >= 0.3 is 0 Å². The standard InChI is InChI=1S/C13H13BrN2O2S/c14-12-8-11(15)6-7-13(12)19(17,18)16-9-10-4-2-1-3-5-10/h1-8,16H,9,15H2. The number of rotatable bonds is 4. The molecule has 2 aromatic rings. The predicted molar refractivity (Wildman–Crippen MR) is 79.0 cm³/mol. The van der Waals surface area contributed by atoms with Crippen LogP contribution in [0.15, 0.2) is 57.9 Å². The summed E-state index contributed by atoms with van der Waals surface area (Å²) in [5, 5.41) is 0. The molecule has 6 heteroatoms. The van der Waals surface area contributed by atoms with E-state index in [2.05, 4.69) is 20.7 Å². The first kappa shape index (κ1) is 14.0. The number of benzene rings is 2. The normalized spacial score (nSPS) is 11.4. The lowest BCUT2D eigenvalue weighted by Gasteiger charge is -2.09. The molecule has 0 unspecified atom stereocenters. The summed E-state index contributed by atoms with van der Waals surface area (Å²) in [4.78, 5) is 0.178. The minimum atomic E-state index is -3.56. The van der Waals surface area contributed by atoms with E-state index in [1.807, 2.05) is 30.3 Å². The van der Waals surface area contributed by atoms with Crippen molar-refractivity contribution >= 4 is 31.6 Å². The van der Waals surface area contributed by atoms with E-state index in [1.54, 1.807) is 12.1 Å². The summed E-state index contributed by atoms with van der Waals surface area (Å²) in [5.41, 5.74) is 7.00. The molecule has 0 aliphatic carbocycles. The molecule has 3 N–H and O–H groups in total. The van der Waals surface area contributed by atoms with Gasteiger partial charge in [0.2, 0.25) is 10.0 Å². The highest BCUT2D eigenvalue weighted by molar-refractivity contribution is 9.10. The second-order valence-corrected chi connectivity index (χ2v) is 6.59. The summed E-state index contributed by atoms with van der Waals surface area (Å²) < 4.78 is 27.3. The summed E-state index contributed by atoms with van der Waals surface area (Å²) >= 11 is 3.21. The van der Waals surface area contributed by atoms with E-state index < -0.39 is 10.0 Å². The zero-order chi connectivity index (χ0) is 13.9. The monoisotopic (exact) mass is 340 g/mol. The highest BCUT2D eigenvalue weighted by Gasteiger charge is 2.17. The van der Waals surface area contributed by atoms with Crippen LogP contribution in [-0.2, 0) is 16.6 Å². The Balaban J connectivity index is 2.19. The van der Waals surface area contributed by atoms with Crippen molar-refractivity contribution in [3.8, 4) is 0 Å². The van der Waals surface area contributed by atoms with Crippen molar-refractivity contribution in [1.29, 1.82) is 0 Å². The number of nitrogens with two attached hydrogens (primary N) is 1. The van der Waals surface area contributed by atoms with Crippen molar-refractivity contribution in [2.75, 3.05) is 5.73 Å². The maximum absolute atomic E-state index is 12.2. The maximum atomic E-state index is 12.2.